The van der Waals surface area contributed by atoms with E-state index in [1.807, 2.05) is 0 Å². The van der Waals surface area contributed by atoms with Crippen molar-refractivity contribution in [1.82, 2.24) is 5.32 Å². The Kier molecular flexibility index (Phi) is 3.63. The lowest BCUT2D eigenvalue weighted by atomic mass is 10.6. The van der Waals surface area contributed by atoms with Gasteiger partial charge in [0, 0.05) is 0 Å². The van der Waals surface area contributed by atoms with Gasteiger partial charge in [-0.05, 0) is 0 Å². The zero-order valence-corrected chi connectivity index (χ0v) is 4.31. The third-order valence-electron chi connectivity index (χ3n) is 0.519. The first-order valence-electron chi connectivity index (χ1n) is 2.09. The van der Waals surface area contributed by atoms with Crippen LogP contribution in [0.25, 0.3) is 0 Å². The molecule has 3 nitrogen and oxygen atoms in total. The molecule has 0 bridgehead atoms. The summed E-state index contributed by atoms with van der Waals surface area (Å²) >= 11 is 0. The first-order chi connectivity index (χ1) is 3.81. The molecule has 1 amide bonds. The fourth-order valence-corrected chi connectivity index (χ4v) is 0.201. The van der Waals surface area contributed by atoms with Gasteiger partial charge in [0.05, 0.1) is 6.54 Å². The highest BCUT2D eigenvalue weighted by Crippen LogP contribution is 1.59. The average molecular weight is 112 g/mol. The molecule has 43 valence electrons. The molecule has 0 aliphatic rings. The van der Waals surface area contributed by atoms with Crippen LogP contribution in [0.2, 0.25) is 0 Å². The van der Waals surface area contributed by atoms with Crippen LogP contribution in [0.15, 0.2) is 0 Å². The molecule has 0 fully saturated rings. The standard InChI is InChI=1S/C5H6NO2/c1-2-3-6-5(8)4-7/h1H,3-4H2,(H,6,8). The lowest BCUT2D eigenvalue weighted by molar-refractivity contribution is -0.125. The Balaban J connectivity index is 3.15. The average Bonchev–Trinajstić information content (AvgIpc) is 1.83. The summed E-state index contributed by atoms with van der Waals surface area (Å²) in [5, 5.41) is 11.8. The molecule has 0 aromatic rings. The molecule has 1 N–H and O–H groups in total. The minimum Gasteiger partial charge on any atom is -0.343 e. The molecule has 0 heterocycles. The van der Waals surface area contributed by atoms with E-state index < -0.39 is 12.5 Å². The van der Waals surface area contributed by atoms with Crippen molar-refractivity contribution in [3.8, 4) is 12.3 Å². The maximum atomic E-state index is 10.1. The molecule has 8 heavy (non-hydrogen) atoms. The summed E-state index contributed by atoms with van der Waals surface area (Å²) in [7, 11) is 0. The third kappa shape index (κ3) is 3.19. The molecule has 0 aliphatic carbocycles. The van der Waals surface area contributed by atoms with Crippen molar-refractivity contribution in [1.29, 1.82) is 0 Å². The summed E-state index contributed by atoms with van der Waals surface area (Å²) in [6.45, 7) is -0.608. The molecule has 0 saturated heterocycles. The van der Waals surface area contributed by atoms with E-state index in [1.54, 1.807) is 0 Å². The Labute approximate surface area is 47.7 Å². The molecule has 1 radical (unpaired) electrons. The number of nitrogens with one attached hydrogen (secondary N) is 1. The van der Waals surface area contributed by atoms with Crippen LogP contribution in [0, 0.1) is 12.3 Å². The van der Waals surface area contributed by atoms with Crippen LogP contribution >= 0.6 is 0 Å². The molecule has 0 unspecified atom stereocenters. The number of terminal acetylenes is 1. The van der Waals surface area contributed by atoms with Crippen molar-refractivity contribution >= 4 is 5.91 Å². The quantitative estimate of drug-likeness (QED) is 0.465. The molecular formula is C5H6NO2. The van der Waals surface area contributed by atoms with Crippen molar-refractivity contribution in [3.05, 3.63) is 0 Å². The second-order valence-corrected chi connectivity index (χ2v) is 1.13. The molecule has 0 atom stereocenters. The minimum atomic E-state index is -0.748. The van der Waals surface area contributed by atoms with E-state index in [-0.39, 0.29) is 6.54 Å². The van der Waals surface area contributed by atoms with E-state index in [4.69, 9.17) is 6.42 Å². The van der Waals surface area contributed by atoms with Gasteiger partial charge >= 0.3 is 0 Å². The molecule has 3 heteroatoms. The van der Waals surface area contributed by atoms with Gasteiger partial charge in [-0.3, -0.25) is 4.79 Å². The predicted octanol–water partition coefficient (Wildman–Crippen LogP) is -0.834. The van der Waals surface area contributed by atoms with Crippen LogP contribution in [0.3, 0.4) is 0 Å². The van der Waals surface area contributed by atoms with Gasteiger partial charge in [0.25, 0.3) is 0 Å². The van der Waals surface area contributed by atoms with Crippen LogP contribution in [-0.2, 0) is 9.90 Å². The van der Waals surface area contributed by atoms with Crippen molar-refractivity contribution in [2.45, 2.75) is 0 Å². The van der Waals surface area contributed by atoms with Gasteiger partial charge in [-0.15, -0.1) is 6.42 Å². The number of hydrogen-bond acceptors (Lipinski definition) is 1. The largest absolute Gasteiger partial charge is 0.343 e. The summed E-state index contributed by atoms with van der Waals surface area (Å²) in [5.74, 6) is 1.61. The zero-order valence-electron chi connectivity index (χ0n) is 4.31. The highest BCUT2D eigenvalue weighted by molar-refractivity contribution is 5.76. The maximum absolute atomic E-state index is 10.1. The summed E-state index contributed by atoms with van der Waals surface area (Å²) in [6.07, 6.45) is 4.76. The number of rotatable bonds is 2. The molecule has 0 rings (SSSR count). The maximum Gasteiger partial charge on any atom is 0.250 e. The van der Waals surface area contributed by atoms with Gasteiger partial charge in [0.1, 0.15) is 0 Å². The monoisotopic (exact) mass is 112 g/mol. The normalized spacial score (nSPS) is 7.50. The second kappa shape index (κ2) is 4.16. The predicted molar refractivity (Wildman–Crippen MR) is 27.4 cm³/mol. The van der Waals surface area contributed by atoms with Crippen molar-refractivity contribution in [3.63, 3.8) is 0 Å². The Hall–Kier alpha value is -1.01. The Morgan fingerprint density at radius 2 is 2.38 bits per heavy atom. The number of hydrogen-bond donors (Lipinski definition) is 1. The van der Waals surface area contributed by atoms with Gasteiger partial charge in [0.2, 0.25) is 5.91 Å². The van der Waals surface area contributed by atoms with E-state index in [0.29, 0.717) is 0 Å². The van der Waals surface area contributed by atoms with Gasteiger partial charge in [-0.1, -0.05) is 5.92 Å². The van der Waals surface area contributed by atoms with E-state index in [1.165, 1.54) is 0 Å². The summed E-state index contributed by atoms with van der Waals surface area (Å²) < 4.78 is 0. The van der Waals surface area contributed by atoms with Crippen molar-refractivity contribution in [2.75, 3.05) is 13.2 Å². The lowest BCUT2D eigenvalue weighted by Gasteiger charge is -1.91. The van der Waals surface area contributed by atoms with Gasteiger partial charge in [0.15, 0.2) is 6.61 Å². The fourth-order valence-electron chi connectivity index (χ4n) is 0.201. The lowest BCUT2D eigenvalue weighted by Crippen LogP contribution is -2.25. The van der Waals surface area contributed by atoms with Crippen LogP contribution in [0.4, 0.5) is 0 Å². The highest BCUT2D eigenvalue weighted by Gasteiger charge is 1.92. The van der Waals surface area contributed by atoms with Crippen molar-refractivity contribution < 1.29 is 9.90 Å². The molecule has 0 aromatic carbocycles. The van der Waals surface area contributed by atoms with E-state index in [2.05, 4.69) is 11.2 Å². The Bertz CT molecular complexity index is 114. The first-order valence-corrected chi connectivity index (χ1v) is 2.09. The SMILES string of the molecule is C#CCNC(=O)C[O]. The van der Waals surface area contributed by atoms with Crippen LogP contribution < -0.4 is 5.32 Å². The molecule has 0 saturated carbocycles. The molecule has 0 aromatic heterocycles. The fraction of sp³-hybridized carbons (Fsp3) is 0.400. The van der Waals surface area contributed by atoms with Crippen LogP contribution in [0.1, 0.15) is 0 Å². The van der Waals surface area contributed by atoms with E-state index in [9.17, 15) is 9.90 Å². The third-order valence-corrected chi connectivity index (χ3v) is 0.519. The number of carbonyl (C=O) groups is 1. The highest BCUT2D eigenvalue weighted by atomic mass is 16.3. The van der Waals surface area contributed by atoms with Crippen molar-refractivity contribution in [2.24, 2.45) is 0 Å². The Morgan fingerprint density at radius 3 is 2.75 bits per heavy atom. The van der Waals surface area contributed by atoms with E-state index >= 15 is 0 Å². The van der Waals surface area contributed by atoms with Gasteiger partial charge < -0.3 is 5.32 Å². The molecule has 0 spiro atoms. The molecule has 0 aliphatic heterocycles. The first kappa shape index (κ1) is 6.99. The number of amides is 1. The van der Waals surface area contributed by atoms with Crippen LogP contribution in [-0.4, -0.2) is 19.1 Å². The smallest absolute Gasteiger partial charge is 0.250 e. The summed E-state index contributed by atoms with van der Waals surface area (Å²) in [5.41, 5.74) is 0. The summed E-state index contributed by atoms with van der Waals surface area (Å²) in [6, 6.07) is 0. The molecular weight excluding hydrogens is 106 g/mol. The number of carbonyl (C=O) groups excluding carboxylic acids is 1. The van der Waals surface area contributed by atoms with Gasteiger partial charge in [-0.2, -0.15) is 0 Å². The van der Waals surface area contributed by atoms with Gasteiger partial charge in [-0.25, -0.2) is 5.11 Å². The van der Waals surface area contributed by atoms with E-state index in [0.717, 1.165) is 0 Å². The summed E-state index contributed by atoms with van der Waals surface area (Å²) in [4.78, 5) is 10.1. The van der Waals surface area contributed by atoms with Crippen LogP contribution in [0.5, 0.6) is 0 Å². The Morgan fingerprint density at radius 1 is 1.75 bits per heavy atom. The zero-order chi connectivity index (χ0) is 6.41. The topological polar surface area (TPSA) is 49.0 Å². The second-order valence-electron chi connectivity index (χ2n) is 1.13. The minimum absolute atomic E-state index is 0.140.